The highest BCUT2D eigenvalue weighted by Crippen LogP contribution is 2.28. The highest BCUT2D eigenvalue weighted by molar-refractivity contribution is 7.79. The Bertz CT molecular complexity index is 899. The highest BCUT2D eigenvalue weighted by Gasteiger charge is 2.00. The van der Waals surface area contributed by atoms with E-state index in [2.05, 4.69) is 29.4 Å². The van der Waals surface area contributed by atoms with Crippen molar-refractivity contribution in [3.63, 3.8) is 0 Å². The van der Waals surface area contributed by atoms with Gasteiger partial charge in [0, 0.05) is 0 Å². The third kappa shape index (κ3) is 4.06. The third-order valence-electron chi connectivity index (χ3n) is 2.86. The van der Waals surface area contributed by atoms with E-state index in [1.54, 1.807) is 0 Å². The van der Waals surface area contributed by atoms with Crippen LogP contribution in [0.5, 0.6) is 0 Å². The zero-order valence-electron chi connectivity index (χ0n) is 10.8. The Hall–Kier alpha value is -2.35. The summed E-state index contributed by atoms with van der Waals surface area (Å²) >= 11 is 0. The number of benzene rings is 3. The van der Waals surface area contributed by atoms with Crippen molar-refractivity contribution >= 4 is 37.6 Å². The van der Waals surface area contributed by atoms with Crippen LogP contribution in [0.2, 0.25) is 0 Å². The minimum atomic E-state index is -4.67. The van der Waals surface area contributed by atoms with Gasteiger partial charge in [-0.05, 0) is 33.7 Å². The molecule has 3 aromatic rings. The molecule has 0 saturated carbocycles. The molecule has 0 aromatic heterocycles. The summed E-state index contributed by atoms with van der Waals surface area (Å²) in [7, 11) is -4.67. The fraction of sp³-hybridized carbons (Fsp3) is 0. The molecule has 0 bridgehead atoms. The van der Waals surface area contributed by atoms with Crippen LogP contribution in [0.25, 0.3) is 21.5 Å². The standard InChI is InChI=1S/C14H10N2.H2O4S/c15-16-12-7-8-14-11(9-12)6-5-10-3-1-2-4-13(10)14;1-5(2,3)4/h1-9,15H;(H2,1,2,3,4). The molecule has 0 saturated heterocycles. The van der Waals surface area contributed by atoms with Gasteiger partial charge in [-0.2, -0.15) is 13.5 Å². The lowest BCUT2D eigenvalue weighted by Gasteiger charge is -2.03. The van der Waals surface area contributed by atoms with Crippen molar-refractivity contribution in [1.82, 2.24) is 0 Å². The van der Waals surface area contributed by atoms with Gasteiger partial charge in [0.1, 0.15) is 0 Å². The van der Waals surface area contributed by atoms with Gasteiger partial charge < -0.3 is 0 Å². The van der Waals surface area contributed by atoms with E-state index in [4.69, 9.17) is 23.1 Å². The van der Waals surface area contributed by atoms with Crippen molar-refractivity contribution in [3.8, 4) is 0 Å². The van der Waals surface area contributed by atoms with E-state index in [1.807, 2.05) is 30.3 Å². The van der Waals surface area contributed by atoms with Gasteiger partial charge in [0.2, 0.25) is 0 Å². The highest BCUT2D eigenvalue weighted by atomic mass is 32.3. The third-order valence-corrected chi connectivity index (χ3v) is 2.86. The monoisotopic (exact) mass is 304 g/mol. The lowest BCUT2D eigenvalue weighted by molar-refractivity contribution is 0.381. The largest absolute Gasteiger partial charge is 0.394 e. The first kappa shape index (κ1) is 15.0. The van der Waals surface area contributed by atoms with Crippen LogP contribution in [-0.4, -0.2) is 17.5 Å². The van der Waals surface area contributed by atoms with Crippen LogP contribution in [0.4, 0.5) is 5.69 Å². The van der Waals surface area contributed by atoms with Crippen LogP contribution in [0.1, 0.15) is 0 Å². The maximum atomic E-state index is 8.74. The molecule has 0 amide bonds. The quantitative estimate of drug-likeness (QED) is 0.358. The average molecular weight is 304 g/mol. The summed E-state index contributed by atoms with van der Waals surface area (Å²) in [5.41, 5.74) is 7.70. The lowest BCUT2D eigenvalue weighted by Crippen LogP contribution is -1.89. The minimum absolute atomic E-state index is 0.697. The van der Waals surface area contributed by atoms with Gasteiger partial charge in [0.05, 0.1) is 5.69 Å². The topological polar surface area (TPSA) is 111 Å². The molecule has 0 unspecified atom stereocenters. The zero-order valence-corrected chi connectivity index (χ0v) is 11.6. The molecule has 3 rings (SSSR count). The maximum absolute atomic E-state index is 8.74. The summed E-state index contributed by atoms with van der Waals surface area (Å²) in [6.07, 6.45) is 0. The fourth-order valence-electron chi connectivity index (χ4n) is 2.07. The van der Waals surface area contributed by atoms with Crippen molar-refractivity contribution in [2.75, 3.05) is 0 Å². The number of hydrogen-bond acceptors (Lipinski definition) is 4. The fourth-order valence-corrected chi connectivity index (χ4v) is 2.07. The molecular weight excluding hydrogens is 292 g/mol. The predicted octanol–water partition coefficient (Wildman–Crippen LogP) is 4.00. The van der Waals surface area contributed by atoms with Gasteiger partial charge >= 0.3 is 10.4 Å². The van der Waals surface area contributed by atoms with Crippen molar-refractivity contribution in [3.05, 3.63) is 54.6 Å². The van der Waals surface area contributed by atoms with E-state index < -0.39 is 10.4 Å². The van der Waals surface area contributed by atoms with Crippen LogP contribution < -0.4 is 0 Å². The normalized spacial score (nSPS) is 11.0. The van der Waals surface area contributed by atoms with E-state index in [1.165, 1.54) is 16.2 Å². The summed E-state index contributed by atoms with van der Waals surface area (Å²) in [5.74, 6) is 0. The van der Waals surface area contributed by atoms with E-state index in [-0.39, 0.29) is 0 Å². The number of rotatable bonds is 1. The molecule has 6 nitrogen and oxygen atoms in total. The predicted molar refractivity (Wildman–Crippen MR) is 80.4 cm³/mol. The molecule has 0 radical (unpaired) electrons. The van der Waals surface area contributed by atoms with Gasteiger partial charge in [-0.15, -0.1) is 0 Å². The molecule has 0 fully saturated rings. The van der Waals surface area contributed by atoms with E-state index >= 15 is 0 Å². The Morgan fingerprint density at radius 3 is 2.10 bits per heavy atom. The van der Waals surface area contributed by atoms with Crippen LogP contribution >= 0.6 is 0 Å². The van der Waals surface area contributed by atoms with Crippen molar-refractivity contribution in [2.24, 2.45) is 5.11 Å². The molecule has 3 aromatic carbocycles. The van der Waals surface area contributed by atoms with Gasteiger partial charge in [0.15, 0.2) is 0 Å². The summed E-state index contributed by atoms with van der Waals surface area (Å²) in [6, 6.07) is 18.3. The van der Waals surface area contributed by atoms with E-state index in [0.717, 1.165) is 5.39 Å². The van der Waals surface area contributed by atoms with Gasteiger partial charge in [0.25, 0.3) is 0 Å². The minimum Gasteiger partial charge on any atom is -0.264 e. The molecule has 0 aliphatic heterocycles. The zero-order chi connectivity index (χ0) is 15.5. The summed E-state index contributed by atoms with van der Waals surface area (Å²) in [4.78, 5) is 0. The Morgan fingerprint density at radius 2 is 1.43 bits per heavy atom. The summed E-state index contributed by atoms with van der Waals surface area (Å²) in [5, 5.41) is 8.28. The van der Waals surface area contributed by atoms with Gasteiger partial charge in [-0.1, -0.05) is 42.5 Å². The summed E-state index contributed by atoms with van der Waals surface area (Å²) in [6.45, 7) is 0. The second kappa shape index (κ2) is 5.96. The molecule has 108 valence electrons. The van der Waals surface area contributed by atoms with Crippen molar-refractivity contribution in [1.29, 1.82) is 5.53 Å². The van der Waals surface area contributed by atoms with Crippen LogP contribution in [0.3, 0.4) is 0 Å². The Labute approximate surface area is 121 Å². The Balaban J connectivity index is 0.000000282. The molecular formula is C14H12N2O4S. The van der Waals surface area contributed by atoms with Crippen molar-refractivity contribution in [2.45, 2.75) is 0 Å². The van der Waals surface area contributed by atoms with Gasteiger partial charge in [-0.25, -0.2) is 5.53 Å². The number of nitrogens with zero attached hydrogens (tertiary/aromatic N) is 1. The molecule has 0 heterocycles. The molecule has 0 aliphatic rings. The van der Waals surface area contributed by atoms with Gasteiger partial charge in [-0.3, -0.25) is 9.11 Å². The maximum Gasteiger partial charge on any atom is 0.394 e. The van der Waals surface area contributed by atoms with Crippen LogP contribution in [0.15, 0.2) is 59.7 Å². The van der Waals surface area contributed by atoms with Crippen LogP contribution in [-0.2, 0) is 10.4 Å². The SMILES string of the molecule is N=Nc1ccc2c(ccc3ccccc32)c1.O=S(=O)(O)O. The lowest BCUT2D eigenvalue weighted by atomic mass is 10.0. The Kier molecular flexibility index (Phi) is 4.27. The molecule has 7 heteroatoms. The first-order valence-electron chi connectivity index (χ1n) is 5.87. The second-order valence-corrected chi connectivity index (χ2v) is 5.15. The van der Waals surface area contributed by atoms with Crippen LogP contribution in [0, 0.1) is 5.53 Å². The first-order chi connectivity index (χ1) is 9.88. The molecule has 0 atom stereocenters. The average Bonchev–Trinajstić information content (AvgIpc) is 2.44. The van der Waals surface area contributed by atoms with Crippen molar-refractivity contribution < 1.29 is 17.5 Å². The number of fused-ring (bicyclic) bond motifs is 3. The molecule has 0 spiro atoms. The number of nitrogens with one attached hydrogen (secondary N) is 1. The molecule has 0 aliphatic carbocycles. The first-order valence-corrected chi connectivity index (χ1v) is 7.27. The van der Waals surface area contributed by atoms with E-state index in [0.29, 0.717) is 5.69 Å². The summed E-state index contributed by atoms with van der Waals surface area (Å²) < 4.78 is 31.6. The molecule has 21 heavy (non-hydrogen) atoms. The smallest absolute Gasteiger partial charge is 0.264 e. The molecule has 3 N–H and O–H groups in total. The number of hydrogen-bond donors (Lipinski definition) is 3. The van der Waals surface area contributed by atoms with E-state index in [9.17, 15) is 0 Å². The second-order valence-electron chi connectivity index (χ2n) is 4.25. The Morgan fingerprint density at radius 1 is 0.857 bits per heavy atom.